The van der Waals surface area contributed by atoms with E-state index in [1.165, 1.54) is 5.56 Å². The second-order valence-electron chi connectivity index (χ2n) is 10.0. The predicted molar refractivity (Wildman–Crippen MR) is 111 cm³/mol. The number of hydrogen-bond acceptors (Lipinski definition) is 5. The Hall–Kier alpha value is -1.31. The van der Waals surface area contributed by atoms with Crippen molar-refractivity contribution in [3.63, 3.8) is 0 Å². The second kappa shape index (κ2) is 7.50. The van der Waals surface area contributed by atoms with Gasteiger partial charge in [-0.25, -0.2) is 4.79 Å². The largest absolute Gasteiger partial charge is 0.598 e. The highest BCUT2D eigenvalue weighted by atomic mass is 32.2. The van der Waals surface area contributed by atoms with Gasteiger partial charge in [-0.15, -0.1) is 4.72 Å². The van der Waals surface area contributed by atoms with Crippen molar-refractivity contribution in [2.24, 2.45) is 5.41 Å². The maximum Gasteiger partial charge on any atom is 0.410 e. The van der Waals surface area contributed by atoms with Gasteiger partial charge >= 0.3 is 6.09 Å². The summed E-state index contributed by atoms with van der Waals surface area (Å²) in [6.45, 7) is 12.9. The van der Waals surface area contributed by atoms with Gasteiger partial charge < -0.3 is 14.2 Å². The van der Waals surface area contributed by atoms with Crippen LogP contribution >= 0.6 is 0 Å². The number of rotatable bonds is 2. The van der Waals surface area contributed by atoms with Gasteiger partial charge in [-0.2, -0.15) is 0 Å². The molecule has 28 heavy (non-hydrogen) atoms. The zero-order chi connectivity index (χ0) is 20.7. The molecule has 1 aromatic heterocycles. The Kier molecular flexibility index (Phi) is 5.73. The molecule has 2 heterocycles. The van der Waals surface area contributed by atoms with Crippen LogP contribution in [-0.4, -0.2) is 44.0 Å². The zero-order valence-electron chi connectivity index (χ0n) is 17.9. The Morgan fingerprint density at radius 3 is 2.50 bits per heavy atom. The molecule has 1 aliphatic carbocycles. The SMILES string of the molecule is CC(C)(C)OC(=O)N1CCC2(CC1)Cc1ccncc1C2N[S+]([O-])C(C)(C)C. The van der Waals surface area contributed by atoms with Gasteiger partial charge in [0.05, 0.1) is 6.04 Å². The molecule has 1 amide bonds. The Labute approximate surface area is 171 Å². The fourth-order valence-corrected chi connectivity index (χ4v) is 5.01. The lowest BCUT2D eigenvalue weighted by Crippen LogP contribution is -2.51. The van der Waals surface area contributed by atoms with Crippen molar-refractivity contribution >= 4 is 17.5 Å². The molecule has 7 heteroatoms. The van der Waals surface area contributed by atoms with Crippen LogP contribution < -0.4 is 4.72 Å². The molecule has 1 saturated heterocycles. The molecule has 0 saturated carbocycles. The maximum atomic E-state index is 12.9. The molecular weight excluding hydrogens is 374 g/mol. The predicted octanol–water partition coefficient (Wildman–Crippen LogP) is 3.75. The van der Waals surface area contributed by atoms with Crippen LogP contribution in [0.5, 0.6) is 0 Å². The van der Waals surface area contributed by atoms with Crippen LogP contribution in [-0.2, 0) is 22.5 Å². The first kappa shape index (κ1) is 21.4. The highest BCUT2D eigenvalue weighted by molar-refractivity contribution is 7.90. The number of nitrogens with zero attached hydrogens (tertiary/aromatic N) is 2. The van der Waals surface area contributed by atoms with E-state index in [1.807, 2.05) is 53.9 Å². The molecule has 1 N–H and O–H groups in total. The number of pyridine rings is 1. The summed E-state index contributed by atoms with van der Waals surface area (Å²) in [5, 5.41) is 0. The van der Waals surface area contributed by atoms with Crippen LogP contribution in [0.15, 0.2) is 18.5 Å². The standard InChI is InChI=1S/C21H33N3O3S/c1-19(2,3)27-18(25)24-11-8-21(9-12-24)13-15-7-10-22-14-16(15)17(21)23-28(26)20(4,5)6/h7,10,14,17,23H,8-9,11-13H2,1-6H3. The van der Waals surface area contributed by atoms with Crippen molar-refractivity contribution in [1.82, 2.24) is 14.6 Å². The summed E-state index contributed by atoms with van der Waals surface area (Å²) in [4.78, 5) is 18.6. The van der Waals surface area contributed by atoms with Gasteiger partial charge in [0.25, 0.3) is 0 Å². The zero-order valence-corrected chi connectivity index (χ0v) is 18.7. The molecule has 1 spiro atoms. The number of hydrogen-bond donors (Lipinski definition) is 1. The summed E-state index contributed by atoms with van der Waals surface area (Å²) in [7, 11) is 0. The molecule has 2 atom stereocenters. The minimum absolute atomic E-state index is 0.0166. The summed E-state index contributed by atoms with van der Waals surface area (Å²) in [5.74, 6) is 0. The first-order chi connectivity index (χ1) is 12.9. The molecule has 0 bridgehead atoms. The number of carbonyl (C=O) groups is 1. The van der Waals surface area contributed by atoms with E-state index in [0.717, 1.165) is 24.8 Å². The lowest BCUT2D eigenvalue weighted by Gasteiger charge is -2.43. The van der Waals surface area contributed by atoms with Gasteiger partial charge in [-0.3, -0.25) is 4.98 Å². The van der Waals surface area contributed by atoms with Gasteiger partial charge in [0.15, 0.2) is 0 Å². The Morgan fingerprint density at radius 1 is 1.29 bits per heavy atom. The smallest absolute Gasteiger partial charge is 0.410 e. The average Bonchev–Trinajstić information content (AvgIpc) is 2.86. The molecule has 156 valence electrons. The molecular formula is C21H33N3O3S. The molecule has 2 unspecified atom stereocenters. The van der Waals surface area contributed by atoms with Crippen LogP contribution in [0.1, 0.15) is 71.6 Å². The molecule has 3 rings (SSSR count). The van der Waals surface area contributed by atoms with E-state index in [0.29, 0.717) is 13.1 Å². The van der Waals surface area contributed by atoms with Crippen molar-refractivity contribution in [3.8, 4) is 0 Å². The minimum Gasteiger partial charge on any atom is -0.598 e. The molecule has 0 radical (unpaired) electrons. The lowest BCUT2D eigenvalue weighted by atomic mass is 9.73. The van der Waals surface area contributed by atoms with Gasteiger partial charge in [-0.1, -0.05) is 0 Å². The van der Waals surface area contributed by atoms with Crippen LogP contribution in [0.25, 0.3) is 0 Å². The van der Waals surface area contributed by atoms with E-state index in [1.54, 1.807) is 4.90 Å². The first-order valence-electron chi connectivity index (χ1n) is 10.0. The third-order valence-corrected chi connectivity index (χ3v) is 7.17. The van der Waals surface area contributed by atoms with Crippen molar-refractivity contribution < 1.29 is 14.1 Å². The van der Waals surface area contributed by atoms with Crippen LogP contribution in [0, 0.1) is 5.41 Å². The van der Waals surface area contributed by atoms with E-state index in [-0.39, 0.29) is 22.3 Å². The van der Waals surface area contributed by atoms with Crippen molar-refractivity contribution in [3.05, 3.63) is 29.6 Å². The van der Waals surface area contributed by atoms with Crippen LogP contribution in [0.4, 0.5) is 4.79 Å². The second-order valence-corrected chi connectivity index (χ2v) is 12.0. The topological polar surface area (TPSA) is 77.5 Å². The van der Waals surface area contributed by atoms with Gasteiger partial charge in [0.1, 0.15) is 10.3 Å². The number of nitrogens with one attached hydrogen (secondary N) is 1. The monoisotopic (exact) mass is 407 g/mol. The lowest BCUT2D eigenvalue weighted by molar-refractivity contribution is 0.00715. The van der Waals surface area contributed by atoms with E-state index in [2.05, 4.69) is 15.8 Å². The van der Waals surface area contributed by atoms with E-state index in [9.17, 15) is 9.35 Å². The number of aromatic nitrogens is 1. The molecule has 2 aliphatic rings. The Balaban J connectivity index is 1.78. The normalized spacial score (nSPS) is 22.8. The number of fused-ring (bicyclic) bond motifs is 1. The first-order valence-corrected chi connectivity index (χ1v) is 11.2. The third kappa shape index (κ3) is 4.47. The number of piperidine rings is 1. The van der Waals surface area contributed by atoms with E-state index in [4.69, 9.17) is 4.74 Å². The van der Waals surface area contributed by atoms with Gasteiger partial charge in [-0.05, 0) is 78.0 Å². The summed E-state index contributed by atoms with van der Waals surface area (Å²) in [5.41, 5.74) is 1.87. The summed E-state index contributed by atoms with van der Waals surface area (Å²) in [6, 6.07) is 2.05. The molecule has 1 fully saturated rings. The van der Waals surface area contributed by atoms with E-state index >= 15 is 0 Å². The van der Waals surface area contributed by atoms with Gasteiger partial charge in [0, 0.05) is 42.3 Å². The number of likely N-dealkylation sites (tertiary alicyclic amines) is 1. The van der Waals surface area contributed by atoms with Crippen LogP contribution in [0.2, 0.25) is 0 Å². The minimum atomic E-state index is -1.18. The van der Waals surface area contributed by atoms with Crippen LogP contribution in [0.3, 0.4) is 0 Å². The Bertz CT molecular complexity index is 718. The van der Waals surface area contributed by atoms with Crippen molar-refractivity contribution in [2.75, 3.05) is 13.1 Å². The molecule has 0 aromatic carbocycles. The number of carbonyl (C=O) groups excluding carboxylic acids is 1. The third-order valence-electron chi connectivity index (χ3n) is 5.60. The fraction of sp³-hybridized carbons (Fsp3) is 0.714. The summed E-state index contributed by atoms with van der Waals surface area (Å²) < 4.78 is 21.5. The van der Waals surface area contributed by atoms with E-state index < -0.39 is 17.0 Å². The molecule has 1 aromatic rings. The number of amides is 1. The summed E-state index contributed by atoms with van der Waals surface area (Å²) in [6.07, 6.45) is 6.10. The van der Waals surface area contributed by atoms with Crippen molar-refractivity contribution in [2.45, 2.75) is 77.2 Å². The highest BCUT2D eigenvalue weighted by Crippen LogP contribution is 2.52. The maximum absolute atomic E-state index is 12.9. The average molecular weight is 408 g/mol. The number of ether oxygens (including phenoxy) is 1. The van der Waals surface area contributed by atoms with Gasteiger partial charge in [0.2, 0.25) is 0 Å². The highest BCUT2D eigenvalue weighted by Gasteiger charge is 2.51. The van der Waals surface area contributed by atoms with Crippen molar-refractivity contribution in [1.29, 1.82) is 0 Å². The fourth-order valence-electron chi connectivity index (χ4n) is 4.07. The molecule has 6 nitrogen and oxygen atoms in total. The quantitative estimate of drug-likeness (QED) is 0.756. The molecule has 1 aliphatic heterocycles. The Morgan fingerprint density at radius 2 is 1.93 bits per heavy atom. The summed E-state index contributed by atoms with van der Waals surface area (Å²) >= 11 is -1.18.